The summed E-state index contributed by atoms with van der Waals surface area (Å²) in [6.45, 7) is 4.75. The van der Waals surface area contributed by atoms with Crippen molar-refractivity contribution in [3.05, 3.63) is 30.1 Å². The maximum absolute atomic E-state index is 12.6. The lowest BCUT2D eigenvalue weighted by Crippen LogP contribution is -2.49. The number of hydrogen-bond acceptors (Lipinski definition) is 3. The van der Waals surface area contributed by atoms with Gasteiger partial charge < -0.3 is 15.6 Å². The van der Waals surface area contributed by atoms with Crippen molar-refractivity contribution in [1.82, 2.24) is 20.6 Å². The second kappa shape index (κ2) is 7.39. The quantitative estimate of drug-likeness (QED) is 0.789. The molecule has 140 valence electrons. The Morgan fingerprint density at radius 3 is 2.81 bits per heavy atom. The van der Waals surface area contributed by atoms with Gasteiger partial charge in [-0.15, -0.1) is 0 Å². The van der Waals surface area contributed by atoms with Crippen molar-refractivity contribution in [1.29, 1.82) is 0 Å². The molecule has 5 heteroatoms. The third-order valence-corrected chi connectivity index (χ3v) is 6.34. The van der Waals surface area contributed by atoms with Gasteiger partial charge in [0.05, 0.1) is 16.4 Å². The van der Waals surface area contributed by atoms with E-state index in [1.807, 2.05) is 12.1 Å². The number of aromatic nitrogens is 2. The average Bonchev–Trinajstić information content (AvgIpc) is 3.11. The molecule has 1 aliphatic heterocycles. The summed E-state index contributed by atoms with van der Waals surface area (Å²) in [5.74, 6) is 2.48. The monoisotopic (exact) mass is 354 g/mol. The van der Waals surface area contributed by atoms with Crippen LogP contribution >= 0.6 is 0 Å². The number of carbonyl (C=O) groups is 1. The van der Waals surface area contributed by atoms with E-state index < -0.39 is 0 Å². The fourth-order valence-electron chi connectivity index (χ4n) is 4.51. The topological polar surface area (TPSA) is 69.8 Å². The Kier molecular flexibility index (Phi) is 4.98. The van der Waals surface area contributed by atoms with Crippen molar-refractivity contribution in [3.8, 4) is 0 Å². The van der Waals surface area contributed by atoms with Crippen LogP contribution in [0.1, 0.15) is 57.2 Å². The van der Waals surface area contributed by atoms with Gasteiger partial charge >= 0.3 is 0 Å². The first-order valence-corrected chi connectivity index (χ1v) is 10.1. The van der Waals surface area contributed by atoms with E-state index in [1.165, 1.54) is 0 Å². The van der Waals surface area contributed by atoms with E-state index in [4.69, 9.17) is 4.98 Å². The summed E-state index contributed by atoms with van der Waals surface area (Å²) in [7, 11) is 0. The zero-order valence-corrected chi connectivity index (χ0v) is 15.7. The summed E-state index contributed by atoms with van der Waals surface area (Å²) < 4.78 is 0. The van der Waals surface area contributed by atoms with E-state index in [0.29, 0.717) is 11.8 Å². The summed E-state index contributed by atoms with van der Waals surface area (Å²) in [4.78, 5) is 20.8. The molecule has 1 saturated heterocycles. The lowest BCUT2D eigenvalue weighted by Gasteiger charge is -2.34. The summed E-state index contributed by atoms with van der Waals surface area (Å²) >= 11 is 0. The minimum absolute atomic E-state index is 0.226. The smallest absolute Gasteiger partial charge is 0.227 e. The van der Waals surface area contributed by atoms with Crippen LogP contribution in [0.3, 0.4) is 0 Å². The van der Waals surface area contributed by atoms with Crippen LogP contribution in [-0.2, 0) is 4.79 Å². The maximum atomic E-state index is 12.6. The highest BCUT2D eigenvalue weighted by Gasteiger charge is 2.35. The van der Waals surface area contributed by atoms with E-state index >= 15 is 0 Å². The van der Waals surface area contributed by atoms with Gasteiger partial charge in [0.25, 0.3) is 0 Å². The number of para-hydroxylation sites is 2. The molecule has 26 heavy (non-hydrogen) atoms. The van der Waals surface area contributed by atoms with Gasteiger partial charge in [-0.2, -0.15) is 0 Å². The SMILES string of the molecule is CC1(C(=O)NCC2CCC(c3nc4ccccc4[nH]3)CC2)CCCNC1. The first kappa shape index (κ1) is 17.5. The molecule has 2 fully saturated rings. The van der Waals surface area contributed by atoms with E-state index in [2.05, 4.69) is 34.7 Å². The van der Waals surface area contributed by atoms with Crippen molar-refractivity contribution in [2.45, 2.75) is 51.4 Å². The van der Waals surface area contributed by atoms with Crippen molar-refractivity contribution in [3.63, 3.8) is 0 Å². The summed E-state index contributed by atoms with van der Waals surface area (Å²) in [5.41, 5.74) is 1.96. The van der Waals surface area contributed by atoms with Gasteiger partial charge in [0.1, 0.15) is 5.82 Å². The molecule has 1 aromatic heterocycles. The Hall–Kier alpha value is -1.88. The zero-order chi connectivity index (χ0) is 18.0. The van der Waals surface area contributed by atoms with Gasteiger partial charge in [-0.05, 0) is 70.0 Å². The number of fused-ring (bicyclic) bond motifs is 1. The molecule has 1 aliphatic carbocycles. The number of imidazole rings is 1. The van der Waals surface area contributed by atoms with Crippen LogP contribution in [0.2, 0.25) is 0 Å². The molecule has 0 bridgehead atoms. The van der Waals surface area contributed by atoms with Crippen molar-refractivity contribution in [2.24, 2.45) is 11.3 Å². The lowest BCUT2D eigenvalue weighted by molar-refractivity contribution is -0.131. The average molecular weight is 354 g/mol. The standard InChI is InChI=1S/C21H30N4O/c1-21(11-4-12-22-14-21)20(26)23-13-15-7-9-16(10-8-15)19-24-17-5-2-3-6-18(17)25-19/h2-3,5-6,15-16,22H,4,7-14H2,1H3,(H,23,26)(H,24,25). The highest BCUT2D eigenvalue weighted by molar-refractivity contribution is 5.82. The molecule has 3 N–H and O–H groups in total. The minimum Gasteiger partial charge on any atom is -0.355 e. The molecule has 1 atom stereocenters. The third-order valence-electron chi connectivity index (χ3n) is 6.34. The van der Waals surface area contributed by atoms with Crippen LogP contribution in [-0.4, -0.2) is 35.5 Å². The van der Waals surface area contributed by atoms with Crippen LogP contribution in [0.15, 0.2) is 24.3 Å². The fourth-order valence-corrected chi connectivity index (χ4v) is 4.51. The molecule has 0 spiro atoms. The van der Waals surface area contributed by atoms with Gasteiger partial charge in [-0.3, -0.25) is 4.79 Å². The Morgan fingerprint density at radius 2 is 2.08 bits per heavy atom. The Morgan fingerprint density at radius 1 is 1.27 bits per heavy atom. The minimum atomic E-state index is -0.232. The fraction of sp³-hybridized carbons (Fsp3) is 0.619. The summed E-state index contributed by atoms with van der Waals surface area (Å²) in [6, 6.07) is 8.24. The zero-order valence-electron chi connectivity index (χ0n) is 15.7. The number of nitrogens with one attached hydrogen (secondary N) is 3. The van der Waals surface area contributed by atoms with Gasteiger partial charge in [0, 0.05) is 19.0 Å². The van der Waals surface area contributed by atoms with E-state index in [1.54, 1.807) is 0 Å². The molecule has 1 aromatic carbocycles. The normalized spacial score (nSPS) is 29.6. The molecule has 1 saturated carbocycles. The van der Waals surface area contributed by atoms with Crippen molar-refractivity contribution < 1.29 is 4.79 Å². The van der Waals surface area contributed by atoms with Crippen LogP contribution in [0.4, 0.5) is 0 Å². The maximum Gasteiger partial charge on any atom is 0.227 e. The molecular formula is C21H30N4O. The predicted octanol–water partition coefficient (Wildman–Crippen LogP) is 3.34. The Balaban J connectivity index is 1.27. The van der Waals surface area contributed by atoms with Crippen LogP contribution in [0, 0.1) is 11.3 Å². The van der Waals surface area contributed by atoms with Crippen LogP contribution in [0.25, 0.3) is 11.0 Å². The molecule has 2 aromatic rings. The Bertz CT molecular complexity index is 721. The van der Waals surface area contributed by atoms with Gasteiger partial charge in [0.15, 0.2) is 0 Å². The van der Waals surface area contributed by atoms with E-state index in [0.717, 1.165) is 75.0 Å². The number of amides is 1. The summed E-state index contributed by atoms with van der Waals surface area (Å²) in [5, 5.41) is 6.59. The lowest BCUT2D eigenvalue weighted by atomic mass is 9.80. The molecule has 1 unspecified atom stereocenters. The van der Waals surface area contributed by atoms with E-state index in [-0.39, 0.29) is 11.3 Å². The molecule has 4 rings (SSSR count). The number of aromatic amines is 1. The van der Waals surface area contributed by atoms with Crippen molar-refractivity contribution >= 4 is 16.9 Å². The van der Waals surface area contributed by atoms with Gasteiger partial charge in [-0.25, -0.2) is 4.98 Å². The Labute approximate surface area is 155 Å². The van der Waals surface area contributed by atoms with E-state index in [9.17, 15) is 4.79 Å². The molecule has 0 radical (unpaired) electrons. The third kappa shape index (κ3) is 3.63. The van der Waals surface area contributed by atoms with Crippen molar-refractivity contribution in [2.75, 3.05) is 19.6 Å². The molecule has 1 amide bonds. The number of H-pyrrole nitrogens is 1. The number of nitrogens with zero attached hydrogens (tertiary/aromatic N) is 1. The highest BCUT2D eigenvalue weighted by atomic mass is 16.2. The molecular weight excluding hydrogens is 324 g/mol. The second-order valence-corrected chi connectivity index (χ2v) is 8.41. The molecule has 5 nitrogen and oxygen atoms in total. The number of rotatable bonds is 4. The second-order valence-electron chi connectivity index (χ2n) is 8.41. The predicted molar refractivity (Wildman–Crippen MR) is 104 cm³/mol. The molecule has 2 heterocycles. The highest BCUT2D eigenvalue weighted by Crippen LogP contribution is 2.35. The van der Waals surface area contributed by atoms with Crippen LogP contribution in [0.5, 0.6) is 0 Å². The summed E-state index contributed by atoms with van der Waals surface area (Å²) in [6.07, 6.45) is 6.71. The number of piperidine rings is 1. The molecule has 2 aliphatic rings. The first-order chi connectivity index (χ1) is 12.6. The van der Waals surface area contributed by atoms with Gasteiger partial charge in [-0.1, -0.05) is 12.1 Å². The van der Waals surface area contributed by atoms with Gasteiger partial charge in [0.2, 0.25) is 5.91 Å². The largest absolute Gasteiger partial charge is 0.355 e. The number of hydrogen-bond donors (Lipinski definition) is 3. The first-order valence-electron chi connectivity index (χ1n) is 10.1. The van der Waals surface area contributed by atoms with Crippen LogP contribution < -0.4 is 10.6 Å². The number of benzene rings is 1. The number of carbonyl (C=O) groups excluding carboxylic acids is 1.